The molecule has 0 bridgehead atoms. The van der Waals surface area contributed by atoms with E-state index in [1.165, 1.54) is 7.11 Å². The SMILES string of the molecule is CCOC(=O)C1=C(C)NC(C)=C(C(=O)OC)C1c1cccc(Cl)c1Cl.c1ccncc1. The normalized spacial score (nSPS) is 15.5. The van der Waals surface area contributed by atoms with Crippen molar-refractivity contribution in [3.8, 4) is 0 Å². The predicted octanol–water partition coefficient (Wildman–Crippen LogP) is 5.05. The number of pyridine rings is 1. The van der Waals surface area contributed by atoms with Gasteiger partial charge in [-0.15, -0.1) is 0 Å². The number of esters is 2. The quantitative estimate of drug-likeness (QED) is 0.640. The summed E-state index contributed by atoms with van der Waals surface area (Å²) in [5.41, 5.74) is 2.30. The van der Waals surface area contributed by atoms with Crippen molar-refractivity contribution in [2.24, 2.45) is 0 Å². The van der Waals surface area contributed by atoms with Crippen molar-refractivity contribution in [3.63, 3.8) is 0 Å². The maximum absolute atomic E-state index is 12.6. The van der Waals surface area contributed by atoms with Crippen LogP contribution >= 0.6 is 23.2 Å². The average molecular weight is 463 g/mol. The van der Waals surface area contributed by atoms with Crippen molar-refractivity contribution in [2.45, 2.75) is 26.7 Å². The molecular formula is C23H24Cl2N2O4. The molecule has 1 unspecified atom stereocenters. The van der Waals surface area contributed by atoms with E-state index in [9.17, 15) is 9.59 Å². The minimum Gasteiger partial charge on any atom is -0.466 e. The van der Waals surface area contributed by atoms with Crippen LogP contribution in [-0.2, 0) is 19.1 Å². The van der Waals surface area contributed by atoms with Gasteiger partial charge in [-0.3, -0.25) is 4.98 Å². The van der Waals surface area contributed by atoms with Crippen LogP contribution in [0.2, 0.25) is 10.0 Å². The van der Waals surface area contributed by atoms with Crippen LogP contribution in [0.15, 0.2) is 71.3 Å². The summed E-state index contributed by atoms with van der Waals surface area (Å²) in [6.45, 7) is 5.41. The molecule has 0 amide bonds. The first-order valence-corrected chi connectivity index (χ1v) is 10.3. The molecule has 1 aliphatic heterocycles. The van der Waals surface area contributed by atoms with Crippen LogP contribution in [0, 0.1) is 0 Å². The molecule has 0 radical (unpaired) electrons. The third-order valence-electron chi connectivity index (χ3n) is 4.52. The standard InChI is InChI=1S/C18H19Cl2NO4.C5H5N/c1-5-25-18(23)14-10(3)21-9(2)13(17(22)24-4)15(14)11-7-6-8-12(19)16(11)20;1-2-4-6-5-3-1/h6-8,15,21H,5H2,1-4H3;1-5H. The molecule has 31 heavy (non-hydrogen) atoms. The molecule has 0 spiro atoms. The summed E-state index contributed by atoms with van der Waals surface area (Å²) in [5, 5.41) is 3.66. The number of hydrogen-bond donors (Lipinski definition) is 1. The first kappa shape index (κ1) is 24.4. The zero-order valence-corrected chi connectivity index (χ0v) is 19.3. The van der Waals surface area contributed by atoms with Gasteiger partial charge in [0, 0.05) is 23.8 Å². The summed E-state index contributed by atoms with van der Waals surface area (Å²) in [5.74, 6) is -1.82. The lowest BCUT2D eigenvalue weighted by Crippen LogP contribution is -2.32. The van der Waals surface area contributed by atoms with Gasteiger partial charge in [-0.05, 0) is 44.5 Å². The van der Waals surface area contributed by atoms with Gasteiger partial charge >= 0.3 is 11.9 Å². The number of rotatable bonds is 4. The molecule has 0 aliphatic carbocycles. The fourth-order valence-corrected chi connectivity index (χ4v) is 3.64. The van der Waals surface area contributed by atoms with Gasteiger partial charge in [-0.1, -0.05) is 41.4 Å². The molecule has 0 saturated heterocycles. The monoisotopic (exact) mass is 462 g/mol. The second-order valence-corrected chi connectivity index (χ2v) is 7.30. The van der Waals surface area contributed by atoms with Crippen LogP contribution < -0.4 is 5.32 Å². The molecule has 2 heterocycles. The largest absolute Gasteiger partial charge is 0.466 e. The first-order chi connectivity index (χ1) is 14.8. The number of nitrogens with one attached hydrogen (secondary N) is 1. The summed E-state index contributed by atoms with van der Waals surface area (Å²) in [6, 6.07) is 10.8. The number of allylic oxidation sites excluding steroid dienone is 2. The van der Waals surface area contributed by atoms with E-state index in [2.05, 4.69) is 10.3 Å². The minimum atomic E-state index is -0.737. The molecule has 1 aromatic heterocycles. The number of carbonyl (C=O) groups excluding carboxylic acids is 2. The summed E-state index contributed by atoms with van der Waals surface area (Å²) in [6.07, 6.45) is 3.50. The Bertz CT molecular complexity index is 977. The smallest absolute Gasteiger partial charge is 0.336 e. The highest BCUT2D eigenvalue weighted by Gasteiger charge is 2.38. The second kappa shape index (κ2) is 11.5. The van der Waals surface area contributed by atoms with Crippen molar-refractivity contribution in [3.05, 3.63) is 86.9 Å². The van der Waals surface area contributed by atoms with Gasteiger partial charge in [0.15, 0.2) is 0 Å². The van der Waals surface area contributed by atoms with E-state index in [1.807, 2.05) is 18.2 Å². The van der Waals surface area contributed by atoms with Crippen LogP contribution in [0.5, 0.6) is 0 Å². The fraction of sp³-hybridized carbons (Fsp3) is 0.261. The topological polar surface area (TPSA) is 77.5 Å². The lowest BCUT2D eigenvalue weighted by Gasteiger charge is -2.30. The molecule has 6 nitrogen and oxygen atoms in total. The number of hydrogen-bond acceptors (Lipinski definition) is 6. The van der Waals surface area contributed by atoms with Crippen LogP contribution in [0.4, 0.5) is 0 Å². The molecule has 0 saturated carbocycles. The van der Waals surface area contributed by atoms with E-state index in [-0.39, 0.29) is 11.6 Å². The van der Waals surface area contributed by atoms with Crippen molar-refractivity contribution >= 4 is 35.1 Å². The predicted molar refractivity (Wildman–Crippen MR) is 121 cm³/mol. The lowest BCUT2D eigenvalue weighted by atomic mass is 9.80. The number of aromatic nitrogens is 1. The fourth-order valence-electron chi connectivity index (χ4n) is 3.22. The Kier molecular flexibility index (Phi) is 9.09. The summed E-state index contributed by atoms with van der Waals surface area (Å²) in [4.78, 5) is 28.8. The van der Waals surface area contributed by atoms with Gasteiger partial charge in [0.2, 0.25) is 0 Å². The number of methoxy groups -OCH3 is 1. The maximum atomic E-state index is 12.6. The van der Waals surface area contributed by atoms with Gasteiger partial charge in [0.25, 0.3) is 0 Å². The number of benzene rings is 1. The summed E-state index contributed by atoms with van der Waals surface area (Å²) in [7, 11) is 1.29. The van der Waals surface area contributed by atoms with Crippen LogP contribution in [0.25, 0.3) is 0 Å². The Hall–Kier alpha value is -2.83. The van der Waals surface area contributed by atoms with Gasteiger partial charge in [-0.2, -0.15) is 0 Å². The van der Waals surface area contributed by atoms with Crippen molar-refractivity contribution in [2.75, 3.05) is 13.7 Å². The van der Waals surface area contributed by atoms with Gasteiger partial charge < -0.3 is 14.8 Å². The molecule has 0 fully saturated rings. The van der Waals surface area contributed by atoms with E-state index >= 15 is 0 Å². The van der Waals surface area contributed by atoms with Gasteiger partial charge in [0.05, 0.1) is 40.8 Å². The Morgan fingerprint density at radius 1 is 1.00 bits per heavy atom. The highest BCUT2D eigenvalue weighted by Crippen LogP contribution is 2.43. The zero-order valence-electron chi connectivity index (χ0n) is 17.7. The Morgan fingerprint density at radius 3 is 2.10 bits per heavy atom. The van der Waals surface area contributed by atoms with Crippen LogP contribution in [0.1, 0.15) is 32.3 Å². The molecule has 1 aliphatic rings. The number of halogens is 2. The molecule has 8 heteroatoms. The molecular weight excluding hydrogens is 439 g/mol. The van der Waals surface area contributed by atoms with Gasteiger partial charge in [0.1, 0.15) is 0 Å². The zero-order chi connectivity index (χ0) is 23.0. The molecule has 2 aromatic rings. The lowest BCUT2D eigenvalue weighted by molar-refractivity contribution is -0.139. The molecule has 1 atom stereocenters. The third-order valence-corrected chi connectivity index (χ3v) is 5.35. The Morgan fingerprint density at radius 2 is 1.61 bits per heavy atom. The number of dihydropyridines is 1. The van der Waals surface area contributed by atoms with Gasteiger partial charge in [-0.25, -0.2) is 9.59 Å². The van der Waals surface area contributed by atoms with E-state index in [1.54, 1.807) is 51.4 Å². The summed E-state index contributed by atoms with van der Waals surface area (Å²) >= 11 is 12.5. The minimum absolute atomic E-state index is 0.210. The summed E-state index contributed by atoms with van der Waals surface area (Å²) < 4.78 is 10.1. The third kappa shape index (κ3) is 5.87. The van der Waals surface area contributed by atoms with E-state index in [0.29, 0.717) is 33.1 Å². The molecule has 1 N–H and O–H groups in total. The van der Waals surface area contributed by atoms with Crippen LogP contribution in [0.3, 0.4) is 0 Å². The Labute approximate surface area is 191 Å². The van der Waals surface area contributed by atoms with E-state index in [4.69, 9.17) is 32.7 Å². The van der Waals surface area contributed by atoms with Crippen molar-refractivity contribution < 1.29 is 19.1 Å². The maximum Gasteiger partial charge on any atom is 0.336 e. The van der Waals surface area contributed by atoms with Crippen LogP contribution in [-0.4, -0.2) is 30.6 Å². The number of ether oxygens (including phenoxy) is 2. The highest BCUT2D eigenvalue weighted by atomic mass is 35.5. The molecule has 164 valence electrons. The van der Waals surface area contributed by atoms with E-state index in [0.717, 1.165) is 0 Å². The van der Waals surface area contributed by atoms with Crippen molar-refractivity contribution in [1.29, 1.82) is 0 Å². The highest BCUT2D eigenvalue weighted by molar-refractivity contribution is 6.42. The first-order valence-electron chi connectivity index (χ1n) is 9.56. The van der Waals surface area contributed by atoms with Crippen molar-refractivity contribution in [1.82, 2.24) is 10.3 Å². The molecule has 1 aromatic carbocycles. The second-order valence-electron chi connectivity index (χ2n) is 6.52. The number of nitrogens with zero attached hydrogens (tertiary/aromatic N) is 1. The molecule has 3 rings (SSSR count). The average Bonchev–Trinajstić information content (AvgIpc) is 2.76. The Balaban J connectivity index is 0.000000488. The van der Waals surface area contributed by atoms with E-state index < -0.39 is 17.9 Å². The number of carbonyl (C=O) groups is 2.